The van der Waals surface area contributed by atoms with Crippen LogP contribution in [0.3, 0.4) is 0 Å². The molecule has 1 aromatic heterocycles. The Hall–Kier alpha value is -3.19. The fourth-order valence-corrected chi connectivity index (χ4v) is 3.60. The molecule has 0 aliphatic rings. The van der Waals surface area contributed by atoms with Gasteiger partial charge >= 0.3 is 0 Å². The number of rotatable bonds is 9. The zero-order valence-corrected chi connectivity index (χ0v) is 19.2. The molecule has 0 spiro atoms. The molecule has 3 rings (SSSR count). The molecule has 1 atom stereocenters. The van der Waals surface area contributed by atoms with Crippen molar-refractivity contribution in [3.05, 3.63) is 70.6 Å². The summed E-state index contributed by atoms with van der Waals surface area (Å²) in [6, 6.07) is 14.6. The van der Waals surface area contributed by atoms with Gasteiger partial charge in [-0.25, -0.2) is 0 Å². The zero-order chi connectivity index (χ0) is 23.1. The summed E-state index contributed by atoms with van der Waals surface area (Å²) >= 11 is 6.21. The van der Waals surface area contributed by atoms with Gasteiger partial charge in [-0.1, -0.05) is 60.5 Å². The van der Waals surface area contributed by atoms with Crippen LogP contribution in [0.4, 0.5) is 0 Å². The molecular formula is C24H27ClN4O3. The number of nitrogens with one attached hydrogen (secondary N) is 1. The molecule has 0 aliphatic heterocycles. The number of amides is 2. The number of hydrogen-bond donors (Lipinski definition) is 1. The molecule has 0 saturated carbocycles. The van der Waals surface area contributed by atoms with E-state index >= 15 is 0 Å². The quantitative estimate of drug-likeness (QED) is 0.506. The molecule has 0 fully saturated rings. The third-order valence-electron chi connectivity index (χ3n) is 4.98. The Morgan fingerprint density at radius 3 is 2.50 bits per heavy atom. The number of carbonyl (C=O) groups is 2. The maximum Gasteiger partial charge on any atom is 0.249 e. The SMILES string of the molecule is CCCN(Cc1nnc(-c2ccccc2Cl)o1)C(=O)CC(NC(C)=O)c1ccc(C)cc1. The van der Waals surface area contributed by atoms with E-state index in [4.69, 9.17) is 16.0 Å². The molecule has 1 N–H and O–H groups in total. The Kier molecular flexibility index (Phi) is 8.00. The lowest BCUT2D eigenvalue weighted by molar-refractivity contribution is -0.133. The molecule has 8 heteroatoms. The Morgan fingerprint density at radius 2 is 1.84 bits per heavy atom. The van der Waals surface area contributed by atoms with Crippen LogP contribution in [-0.4, -0.2) is 33.5 Å². The van der Waals surface area contributed by atoms with E-state index in [1.54, 1.807) is 17.0 Å². The van der Waals surface area contributed by atoms with Crippen molar-refractivity contribution in [1.82, 2.24) is 20.4 Å². The normalized spacial score (nSPS) is 11.8. The van der Waals surface area contributed by atoms with Gasteiger partial charge in [0.05, 0.1) is 29.6 Å². The maximum absolute atomic E-state index is 13.2. The molecule has 3 aromatic rings. The van der Waals surface area contributed by atoms with E-state index in [1.807, 2.05) is 50.2 Å². The highest BCUT2D eigenvalue weighted by Crippen LogP contribution is 2.27. The molecule has 32 heavy (non-hydrogen) atoms. The van der Waals surface area contributed by atoms with Crippen molar-refractivity contribution >= 4 is 23.4 Å². The summed E-state index contributed by atoms with van der Waals surface area (Å²) in [5, 5.41) is 11.6. The monoisotopic (exact) mass is 454 g/mol. The van der Waals surface area contributed by atoms with Crippen molar-refractivity contribution in [3.8, 4) is 11.5 Å². The Bertz CT molecular complexity index is 1070. The first-order valence-electron chi connectivity index (χ1n) is 10.6. The number of carbonyl (C=O) groups excluding carboxylic acids is 2. The van der Waals surface area contributed by atoms with Gasteiger partial charge in [0, 0.05) is 13.5 Å². The van der Waals surface area contributed by atoms with Crippen molar-refractivity contribution in [2.45, 2.75) is 46.2 Å². The predicted molar refractivity (Wildman–Crippen MR) is 123 cm³/mol. The molecule has 2 aromatic carbocycles. The average Bonchev–Trinajstić information content (AvgIpc) is 3.22. The minimum Gasteiger partial charge on any atom is -0.419 e. The van der Waals surface area contributed by atoms with Gasteiger partial charge in [0.15, 0.2) is 0 Å². The second-order valence-electron chi connectivity index (χ2n) is 7.66. The third kappa shape index (κ3) is 6.17. The second kappa shape index (κ2) is 10.9. The van der Waals surface area contributed by atoms with Crippen molar-refractivity contribution in [2.24, 2.45) is 0 Å². The van der Waals surface area contributed by atoms with Crippen LogP contribution >= 0.6 is 11.6 Å². The van der Waals surface area contributed by atoms with Crippen LogP contribution in [0.15, 0.2) is 52.9 Å². The Morgan fingerprint density at radius 1 is 1.12 bits per heavy atom. The van der Waals surface area contributed by atoms with Crippen LogP contribution in [0.5, 0.6) is 0 Å². The number of aromatic nitrogens is 2. The minimum absolute atomic E-state index is 0.108. The summed E-state index contributed by atoms with van der Waals surface area (Å²) in [6.45, 7) is 6.15. The lowest BCUT2D eigenvalue weighted by Crippen LogP contribution is -2.36. The molecule has 0 aliphatic carbocycles. The molecule has 0 bridgehead atoms. The van der Waals surface area contributed by atoms with Crippen molar-refractivity contribution in [2.75, 3.05) is 6.54 Å². The summed E-state index contributed by atoms with van der Waals surface area (Å²) in [6.07, 6.45) is 0.904. The Labute approximate surface area is 192 Å². The smallest absolute Gasteiger partial charge is 0.249 e. The van der Waals surface area contributed by atoms with Crippen molar-refractivity contribution in [1.29, 1.82) is 0 Å². The van der Waals surface area contributed by atoms with Gasteiger partial charge in [0.2, 0.25) is 23.6 Å². The van der Waals surface area contributed by atoms with E-state index in [-0.39, 0.29) is 24.8 Å². The standard InChI is InChI=1S/C24H27ClN4O3/c1-4-13-29(15-22-27-28-24(32-22)19-7-5-6-8-20(19)25)23(31)14-21(26-17(3)30)18-11-9-16(2)10-12-18/h5-12,21H,4,13-15H2,1-3H3,(H,26,30). The van der Waals surface area contributed by atoms with Gasteiger partial charge in [0.25, 0.3) is 0 Å². The van der Waals surface area contributed by atoms with Gasteiger partial charge in [0.1, 0.15) is 0 Å². The van der Waals surface area contributed by atoms with Crippen LogP contribution < -0.4 is 5.32 Å². The van der Waals surface area contributed by atoms with E-state index in [0.717, 1.165) is 17.5 Å². The first kappa shape index (κ1) is 23.5. The second-order valence-corrected chi connectivity index (χ2v) is 8.07. The Balaban J connectivity index is 1.75. The van der Waals surface area contributed by atoms with Crippen molar-refractivity contribution < 1.29 is 14.0 Å². The molecule has 7 nitrogen and oxygen atoms in total. The van der Waals surface area contributed by atoms with Crippen LogP contribution in [0.1, 0.15) is 49.7 Å². The molecular weight excluding hydrogens is 428 g/mol. The number of hydrogen-bond acceptors (Lipinski definition) is 5. The van der Waals surface area contributed by atoms with Crippen molar-refractivity contribution in [3.63, 3.8) is 0 Å². The summed E-state index contributed by atoms with van der Waals surface area (Å²) in [7, 11) is 0. The van der Waals surface area contributed by atoms with E-state index in [1.165, 1.54) is 6.92 Å². The lowest BCUT2D eigenvalue weighted by atomic mass is 10.0. The highest BCUT2D eigenvalue weighted by atomic mass is 35.5. The zero-order valence-electron chi connectivity index (χ0n) is 18.5. The molecule has 0 saturated heterocycles. The molecule has 1 unspecified atom stereocenters. The summed E-state index contributed by atoms with van der Waals surface area (Å²) in [5.41, 5.74) is 2.64. The molecule has 0 radical (unpaired) electrons. The van der Waals surface area contributed by atoms with Crippen LogP contribution in [0, 0.1) is 6.92 Å². The number of nitrogens with zero attached hydrogens (tertiary/aromatic N) is 3. The van der Waals surface area contributed by atoms with Crippen LogP contribution in [0.25, 0.3) is 11.5 Å². The minimum atomic E-state index is -0.415. The summed E-state index contributed by atoms with van der Waals surface area (Å²) < 4.78 is 5.77. The number of benzene rings is 2. The van der Waals surface area contributed by atoms with Crippen LogP contribution in [-0.2, 0) is 16.1 Å². The summed E-state index contributed by atoms with van der Waals surface area (Å²) in [5.74, 6) is 0.341. The van der Waals surface area contributed by atoms with E-state index in [9.17, 15) is 9.59 Å². The number of aryl methyl sites for hydroxylation is 1. The predicted octanol–water partition coefficient (Wildman–Crippen LogP) is 4.70. The van der Waals surface area contributed by atoms with E-state index in [0.29, 0.717) is 28.9 Å². The maximum atomic E-state index is 13.2. The van der Waals surface area contributed by atoms with Gasteiger partial charge in [-0.2, -0.15) is 0 Å². The highest BCUT2D eigenvalue weighted by molar-refractivity contribution is 6.33. The highest BCUT2D eigenvalue weighted by Gasteiger charge is 2.23. The fourth-order valence-electron chi connectivity index (χ4n) is 3.39. The molecule has 168 valence electrons. The van der Waals surface area contributed by atoms with E-state index < -0.39 is 6.04 Å². The largest absolute Gasteiger partial charge is 0.419 e. The van der Waals surface area contributed by atoms with Gasteiger partial charge in [-0.15, -0.1) is 10.2 Å². The summed E-state index contributed by atoms with van der Waals surface area (Å²) in [4.78, 5) is 26.6. The van der Waals surface area contributed by atoms with Gasteiger partial charge in [-0.3, -0.25) is 9.59 Å². The van der Waals surface area contributed by atoms with Gasteiger partial charge < -0.3 is 14.6 Å². The molecule has 2 amide bonds. The first-order valence-corrected chi connectivity index (χ1v) is 10.9. The van der Waals surface area contributed by atoms with Crippen LogP contribution in [0.2, 0.25) is 5.02 Å². The van der Waals surface area contributed by atoms with Gasteiger partial charge in [-0.05, 0) is 31.0 Å². The fraction of sp³-hybridized carbons (Fsp3) is 0.333. The first-order chi connectivity index (χ1) is 15.4. The average molecular weight is 455 g/mol. The number of halogens is 1. The third-order valence-corrected chi connectivity index (χ3v) is 5.31. The lowest BCUT2D eigenvalue weighted by Gasteiger charge is -2.24. The molecule has 1 heterocycles. The van der Waals surface area contributed by atoms with E-state index in [2.05, 4.69) is 15.5 Å². The topological polar surface area (TPSA) is 88.3 Å².